The van der Waals surface area contributed by atoms with Crippen LogP contribution in [0, 0.1) is 0 Å². The molecule has 0 aliphatic heterocycles. The number of rotatable bonds is 10. The molecule has 2 aromatic heterocycles. The first-order valence-corrected chi connectivity index (χ1v) is 21.3. The average Bonchev–Trinajstić information content (AvgIpc) is 3.30. The van der Waals surface area contributed by atoms with Gasteiger partial charge in [0.1, 0.15) is 9.75 Å². The molecule has 0 saturated heterocycles. The predicted molar refractivity (Wildman–Crippen MR) is 162 cm³/mol. The van der Waals surface area contributed by atoms with Gasteiger partial charge in [-0.3, -0.25) is 0 Å². The smallest absolute Gasteiger partial charge is 0.252 e. The summed E-state index contributed by atoms with van der Waals surface area (Å²) in [6.07, 6.45) is 0.701. The van der Waals surface area contributed by atoms with Crippen LogP contribution in [-0.4, -0.2) is 42.4 Å². The van der Waals surface area contributed by atoms with Gasteiger partial charge in [-0.15, -0.1) is 27.4 Å². The number of aromatic nitrogens is 2. The highest BCUT2D eigenvalue weighted by Gasteiger charge is 2.40. The average molecular weight is 590 g/mol. The van der Waals surface area contributed by atoms with Crippen LogP contribution in [0.2, 0.25) is 36.3 Å². The lowest BCUT2D eigenvalue weighted by molar-refractivity contribution is 0.474. The van der Waals surface area contributed by atoms with Crippen LogP contribution in [0.3, 0.4) is 0 Å². The second kappa shape index (κ2) is 11.4. The van der Waals surface area contributed by atoms with Crippen LogP contribution in [0.15, 0.2) is 10.8 Å². The number of hydrogen-bond donors (Lipinski definition) is 1. The summed E-state index contributed by atoms with van der Waals surface area (Å²) >= 11 is 2.06. The molecule has 1 N–H and O–H groups in total. The van der Waals surface area contributed by atoms with Crippen molar-refractivity contribution >= 4 is 50.7 Å². The minimum atomic E-state index is -1.98. The molecule has 6 nitrogen and oxygen atoms in total. The van der Waals surface area contributed by atoms with Crippen LogP contribution in [0.25, 0.3) is 0 Å². The topological polar surface area (TPSA) is 79.3 Å². The Labute approximate surface area is 232 Å². The Hall–Kier alpha value is -0.436. The van der Waals surface area contributed by atoms with Gasteiger partial charge in [-0.05, 0) is 57.0 Å². The van der Waals surface area contributed by atoms with Gasteiger partial charge in [-0.2, -0.15) is 0 Å². The van der Waals surface area contributed by atoms with Crippen molar-refractivity contribution in [2.75, 3.05) is 6.54 Å². The summed E-state index contributed by atoms with van der Waals surface area (Å²) in [5, 5.41) is 6.21. The van der Waals surface area contributed by atoms with Crippen molar-refractivity contribution in [2.24, 2.45) is 0 Å². The van der Waals surface area contributed by atoms with Gasteiger partial charge in [-0.25, -0.2) is 9.97 Å². The highest BCUT2D eigenvalue weighted by Crippen LogP contribution is 2.39. The summed E-state index contributed by atoms with van der Waals surface area (Å²) in [6.45, 7) is 28.8. The SMILES string of the molecule is CC(C)(C)[S+]([O-])NC[C@H](Cc1nc(O[Si](C)(C)C(C)(C)C)cs1)c1nc(O[Si](C)(C)C(C)(C)C)cs1. The second-order valence-corrected chi connectivity index (χ2v) is 26.8. The van der Waals surface area contributed by atoms with E-state index in [0.717, 1.165) is 10.0 Å². The Morgan fingerprint density at radius 2 is 1.33 bits per heavy atom. The maximum Gasteiger partial charge on any atom is 0.252 e. The molecule has 206 valence electrons. The Kier molecular flexibility index (Phi) is 10.0. The lowest BCUT2D eigenvalue weighted by Crippen LogP contribution is -2.44. The highest BCUT2D eigenvalue weighted by molar-refractivity contribution is 7.90. The van der Waals surface area contributed by atoms with Gasteiger partial charge < -0.3 is 13.4 Å². The van der Waals surface area contributed by atoms with E-state index >= 15 is 0 Å². The molecule has 1 unspecified atom stereocenters. The maximum atomic E-state index is 12.7. The third kappa shape index (κ3) is 8.54. The molecule has 0 aliphatic carbocycles. The molecule has 0 fully saturated rings. The zero-order valence-corrected chi connectivity index (χ0v) is 28.9. The van der Waals surface area contributed by atoms with E-state index in [0.29, 0.717) is 24.7 Å². The monoisotopic (exact) mass is 589 g/mol. The standard InChI is InChI=1S/C25H47N3O3S3Si2/c1-23(2,3)34(29)26-15-18(22-28-20(17-33-22)31-36(12,13)25(7,8)9)14-21-27-19(16-32-21)30-35(10,11)24(4,5)6/h16-18,26H,14-15H2,1-13H3/t18-,34?/m0/s1. The van der Waals surface area contributed by atoms with Crippen LogP contribution in [0.5, 0.6) is 11.8 Å². The van der Waals surface area contributed by atoms with E-state index in [-0.39, 0.29) is 20.7 Å². The normalized spacial score (nSPS) is 15.6. The lowest BCUT2D eigenvalue weighted by Gasteiger charge is -2.35. The van der Waals surface area contributed by atoms with Gasteiger partial charge in [0, 0.05) is 23.7 Å². The van der Waals surface area contributed by atoms with E-state index in [1.807, 2.05) is 31.5 Å². The molecule has 0 saturated carbocycles. The Morgan fingerprint density at radius 3 is 1.81 bits per heavy atom. The van der Waals surface area contributed by atoms with E-state index in [1.54, 1.807) is 22.7 Å². The Bertz CT molecular complexity index is 989. The van der Waals surface area contributed by atoms with Crippen LogP contribution in [0.4, 0.5) is 0 Å². The molecule has 36 heavy (non-hydrogen) atoms. The fourth-order valence-corrected chi connectivity index (χ4v) is 7.05. The minimum Gasteiger partial charge on any atom is -0.598 e. The molecular formula is C25H47N3O3S3Si2. The van der Waals surface area contributed by atoms with Crippen LogP contribution in [0.1, 0.15) is 78.2 Å². The summed E-state index contributed by atoms with van der Waals surface area (Å²) in [6, 6.07) is 0. The molecule has 11 heteroatoms. The van der Waals surface area contributed by atoms with Crippen molar-refractivity contribution in [1.29, 1.82) is 0 Å². The zero-order valence-electron chi connectivity index (χ0n) is 24.5. The fraction of sp³-hybridized carbons (Fsp3) is 0.760. The number of nitrogens with one attached hydrogen (secondary N) is 1. The quantitative estimate of drug-likeness (QED) is 0.225. The van der Waals surface area contributed by atoms with Crippen molar-refractivity contribution in [2.45, 2.75) is 116 Å². The molecule has 0 amide bonds. The van der Waals surface area contributed by atoms with E-state index < -0.39 is 28.0 Å². The van der Waals surface area contributed by atoms with Gasteiger partial charge in [0.15, 0.2) is 0 Å². The molecule has 0 radical (unpaired) electrons. The third-order valence-corrected chi connectivity index (χ3v) is 19.2. The molecule has 0 spiro atoms. The third-order valence-electron chi connectivity index (χ3n) is 7.15. The van der Waals surface area contributed by atoms with Crippen molar-refractivity contribution in [3.8, 4) is 11.8 Å². The summed E-state index contributed by atoms with van der Waals surface area (Å²) < 4.78 is 28.5. The molecule has 2 aromatic rings. The van der Waals surface area contributed by atoms with E-state index in [2.05, 4.69) is 72.5 Å². The number of nitrogens with zero attached hydrogens (tertiary/aromatic N) is 2. The molecule has 2 atom stereocenters. The molecule has 0 bridgehead atoms. The van der Waals surface area contributed by atoms with Crippen LogP contribution < -0.4 is 13.6 Å². The molecule has 2 rings (SSSR count). The Balaban J connectivity index is 2.25. The first-order valence-electron chi connectivity index (χ1n) is 12.6. The van der Waals surface area contributed by atoms with Crippen molar-refractivity contribution in [3.05, 3.63) is 20.8 Å². The maximum absolute atomic E-state index is 12.7. The first kappa shape index (κ1) is 31.8. The van der Waals surface area contributed by atoms with Crippen molar-refractivity contribution in [3.63, 3.8) is 0 Å². The summed E-state index contributed by atoms with van der Waals surface area (Å²) in [4.78, 5) is 9.72. The number of thiazole rings is 2. The summed E-state index contributed by atoms with van der Waals surface area (Å²) in [5.74, 6) is 1.45. The molecule has 0 aliphatic rings. The number of hydrogen-bond acceptors (Lipinski definition) is 8. The van der Waals surface area contributed by atoms with Gasteiger partial charge in [0.05, 0.1) is 22.3 Å². The highest BCUT2D eigenvalue weighted by atomic mass is 32.2. The van der Waals surface area contributed by atoms with Gasteiger partial charge in [0.25, 0.3) is 16.6 Å². The molecule has 0 aromatic carbocycles. The zero-order chi connectivity index (χ0) is 27.7. The van der Waals surface area contributed by atoms with E-state index in [4.69, 9.17) is 18.8 Å². The Morgan fingerprint density at radius 1 is 0.861 bits per heavy atom. The fourth-order valence-electron chi connectivity index (χ4n) is 2.62. The summed E-state index contributed by atoms with van der Waals surface area (Å²) in [7, 11) is -3.93. The lowest BCUT2D eigenvalue weighted by atomic mass is 10.1. The van der Waals surface area contributed by atoms with Crippen LogP contribution >= 0.6 is 22.7 Å². The van der Waals surface area contributed by atoms with Crippen molar-refractivity contribution < 1.29 is 13.4 Å². The van der Waals surface area contributed by atoms with Crippen LogP contribution in [-0.2, 0) is 17.8 Å². The molecular weight excluding hydrogens is 543 g/mol. The predicted octanol–water partition coefficient (Wildman–Crippen LogP) is 7.75. The van der Waals surface area contributed by atoms with Gasteiger partial charge >= 0.3 is 0 Å². The van der Waals surface area contributed by atoms with E-state index in [9.17, 15) is 4.55 Å². The second-order valence-electron chi connectivity index (χ2n) is 13.5. The summed E-state index contributed by atoms with van der Waals surface area (Å²) in [5.41, 5.74) is 0. The molecule has 2 heterocycles. The first-order chi connectivity index (χ1) is 16.1. The van der Waals surface area contributed by atoms with Crippen molar-refractivity contribution in [1.82, 2.24) is 14.7 Å². The largest absolute Gasteiger partial charge is 0.598 e. The minimum absolute atomic E-state index is 0.0323. The van der Waals surface area contributed by atoms with Gasteiger partial charge in [-0.1, -0.05) is 41.5 Å². The van der Waals surface area contributed by atoms with E-state index in [1.165, 1.54) is 0 Å². The van der Waals surface area contributed by atoms with Gasteiger partial charge in [0.2, 0.25) is 11.8 Å².